The van der Waals surface area contributed by atoms with Crippen LogP contribution in [-0.2, 0) is 22.2 Å². The molecule has 11 heteroatoms. The SMILES string of the molecule is O=C(CCCc1cccs1)[C@H](O)[C@@H](O)C(=O)N1CCC[C@@H]1c1nc(C(F)(F)F)cs1. The quantitative estimate of drug-likeness (QED) is 0.629. The fourth-order valence-electron chi connectivity index (χ4n) is 3.38. The summed E-state index contributed by atoms with van der Waals surface area (Å²) in [6, 6.07) is 3.11. The Labute approximate surface area is 179 Å². The lowest BCUT2D eigenvalue weighted by atomic mass is 10.0. The van der Waals surface area contributed by atoms with E-state index < -0.39 is 41.8 Å². The highest BCUT2D eigenvalue weighted by Crippen LogP contribution is 2.37. The van der Waals surface area contributed by atoms with Gasteiger partial charge in [0.15, 0.2) is 17.6 Å². The fourth-order valence-corrected chi connectivity index (χ4v) is 5.10. The van der Waals surface area contributed by atoms with E-state index in [1.54, 1.807) is 11.3 Å². The molecule has 3 rings (SSSR count). The summed E-state index contributed by atoms with van der Waals surface area (Å²) in [6.07, 6.45) is -6.35. The molecule has 30 heavy (non-hydrogen) atoms. The first-order valence-corrected chi connectivity index (χ1v) is 11.2. The van der Waals surface area contributed by atoms with Crippen molar-refractivity contribution in [1.29, 1.82) is 0 Å². The Bertz CT molecular complexity index is 870. The van der Waals surface area contributed by atoms with Gasteiger partial charge >= 0.3 is 6.18 Å². The van der Waals surface area contributed by atoms with E-state index in [0.29, 0.717) is 25.7 Å². The molecule has 164 valence electrons. The summed E-state index contributed by atoms with van der Waals surface area (Å²) in [7, 11) is 0. The number of carbonyl (C=O) groups is 2. The number of amides is 1. The molecule has 0 aromatic carbocycles. The first-order valence-electron chi connectivity index (χ1n) is 9.43. The van der Waals surface area contributed by atoms with Gasteiger partial charge in [-0.25, -0.2) is 4.98 Å². The first kappa shape index (κ1) is 22.9. The monoisotopic (exact) mass is 462 g/mol. The number of aromatic nitrogens is 1. The van der Waals surface area contributed by atoms with Gasteiger partial charge in [0, 0.05) is 23.2 Å². The Kier molecular flexibility index (Phi) is 7.27. The first-order chi connectivity index (χ1) is 14.2. The molecule has 0 saturated carbocycles. The predicted molar refractivity (Wildman–Crippen MR) is 105 cm³/mol. The molecule has 2 aromatic rings. The number of alkyl halides is 3. The van der Waals surface area contributed by atoms with Crippen molar-refractivity contribution in [3.63, 3.8) is 0 Å². The minimum absolute atomic E-state index is 0.00819. The van der Waals surface area contributed by atoms with Crippen LogP contribution in [0.4, 0.5) is 13.2 Å². The number of aliphatic hydroxyl groups excluding tert-OH is 2. The largest absolute Gasteiger partial charge is 0.434 e. The van der Waals surface area contributed by atoms with E-state index in [4.69, 9.17) is 0 Å². The highest BCUT2D eigenvalue weighted by atomic mass is 32.1. The number of ketones is 1. The van der Waals surface area contributed by atoms with Crippen LogP contribution < -0.4 is 0 Å². The Morgan fingerprint density at radius 3 is 2.67 bits per heavy atom. The molecule has 3 atom stereocenters. The zero-order chi connectivity index (χ0) is 21.9. The Balaban J connectivity index is 1.59. The van der Waals surface area contributed by atoms with Crippen LogP contribution in [0.2, 0.25) is 0 Å². The molecule has 1 fully saturated rings. The summed E-state index contributed by atoms with van der Waals surface area (Å²) in [5, 5.41) is 23.3. The van der Waals surface area contributed by atoms with E-state index in [2.05, 4.69) is 4.98 Å². The number of Topliss-reactive ketones (excluding diaryl/α,β-unsaturated/α-hetero) is 1. The second-order valence-electron chi connectivity index (χ2n) is 7.05. The molecular weight excluding hydrogens is 441 g/mol. The third kappa shape index (κ3) is 5.26. The molecular formula is C19H21F3N2O4S2. The van der Waals surface area contributed by atoms with Crippen molar-refractivity contribution in [3.05, 3.63) is 38.5 Å². The van der Waals surface area contributed by atoms with Crippen LogP contribution in [0.1, 0.15) is 47.3 Å². The number of hydrogen-bond acceptors (Lipinski definition) is 7. The zero-order valence-corrected chi connectivity index (χ0v) is 17.5. The number of aryl methyl sites for hydroxylation is 1. The van der Waals surface area contributed by atoms with Crippen LogP contribution in [0.15, 0.2) is 22.9 Å². The lowest BCUT2D eigenvalue weighted by Gasteiger charge is -2.27. The molecule has 2 N–H and O–H groups in total. The second kappa shape index (κ2) is 9.54. The minimum atomic E-state index is -4.58. The smallest absolute Gasteiger partial charge is 0.382 e. The van der Waals surface area contributed by atoms with Crippen LogP contribution >= 0.6 is 22.7 Å². The van der Waals surface area contributed by atoms with Gasteiger partial charge in [0.2, 0.25) is 0 Å². The van der Waals surface area contributed by atoms with E-state index in [9.17, 15) is 33.0 Å². The number of nitrogens with zero attached hydrogens (tertiary/aromatic N) is 2. The van der Waals surface area contributed by atoms with Gasteiger partial charge in [0.05, 0.1) is 6.04 Å². The lowest BCUT2D eigenvalue weighted by Crippen LogP contribution is -2.47. The van der Waals surface area contributed by atoms with Gasteiger partial charge in [-0.1, -0.05) is 6.07 Å². The summed E-state index contributed by atoms with van der Waals surface area (Å²) in [5.41, 5.74) is -1.02. The average molecular weight is 463 g/mol. The number of rotatable bonds is 8. The number of thiazole rings is 1. The van der Waals surface area contributed by atoms with E-state index >= 15 is 0 Å². The van der Waals surface area contributed by atoms with E-state index in [0.717, 1.165) is 21.6 Å². The van der Waals surface area contributed by atoms with Crippen molar-refractivity contribution < 1.29 is 33.0 Å². The number of halogens is 3. The molecule has 0 unspecified atom stereocenters. The van der Waals surface area contributed by atoms with Crippen LogP contribution in [0.25, 0.3) is 0 Å². The standard InChI is InChI=1S/C19H21F3N2O4S2/c20-19(21,22)14-10-30-17(23-14)12-6-2-8-24(12)18(28)16(27)15(26)13(25)7-1-4-11-5-3-9-29-11/h3,5,9-10,12,15-16,26-27H,1-2,4,6-8H2/t12-,15+,16-/m1/s1. The number of thiophene rings is 1. The van der Waals surface area contributed by atoms with E-state index in [1.807, 2.05) is 17.5 Å². The molecule has 6 nitrogen and oxygen atoms in total. The van der Waals surface area contributed by atoms with Crippen molar-refractivity contribution >= 4 is 34.4 Å². The number of hydrogen-bond donors (Lipinski definition) is 2. The Morgan fingerprint density at radius 1 is 1.27 bits per heavy atom. The molecule has 1 saturated heterocycles. The van der Waals surface area contributed by atoms with Gasteiger partial charge in [0.25, 0.3) is 5.91 Å². The maximum atomic E-state index is 12.8. The van der Waals surface area contributed by atoms with Crippen molar-refractivity contribution in [1.82, 2.24) is 9.88 Å². The highest BCUT2D eigenvalue weighted by molar-refractivity contribution is 7.10. The second-order valence-corrected chi connectivity index (χ2v) is 8.97. The third-order valence-electron chi connectivity index (χ3n) is 4.94. The van der Waals surface area contributed by atoms with Gasteiger partial charge in [-0.2, -0.15) is 13.2 Å². The van der Waals surface area contributed by atoms with Gasteiger partial charge in [-0.3, -0.25) is 9.59 Å². The molecule has 0 aliphatic carbocycles. The van der Waals surface area contributed by atoms with Gasteiger partial charge < -0.3 is 15.1 Å². The summed E-state index contributed by atoms with van der Waals surface area (Å²) in [6.45, 7) is 0.209. The van der Waals surface area contributed by atoms with Gasteiger partial charge in [-0.05, 0) is 37.1 Å². The fraction of sp³-hybridized carbons (Fsp3) is 0.526. The maximum Gasteiger partial charge on any atom is 0.434 e. The van der Waals surface area contributed by atoms with Crippen LogP contribution in [0.5, 0.6) is 0 Å². The molecule has 2 aromatic heterocycles. The number of likely N-dealkylation sites (tertiary alicyclic amines) is 1. The topological polar surface area (TPSA) is 90.7 Å². The molecule has 0 radical (unpaired) electrons. The highest BCUT2D eigenvalue weighted by Gasteiger charge is 2.40. The van der Waals surface area contributed by atoms with Crippen LogP contribution in [0.3, 0.4) is 0 Å². The average Bonchev–Trinajstić information content (AvgIpc) is 3.46. The van der Waals surface area contributed by atoms with Gasteiger partial charge in [0.1, 0.15) is 11.1 Å². The normalized spacial score (nSPS) is 19.1. The third-order valence-corrected chi connectivity index (χ3v) is 6.82. The lowest BCUT2D eigenvalue weighted by molar-refractivity contribution is -0.153. The van der Waals surface area contributed by atoms with Crippen LogP contribution in [0, 0.1) is 0 Å². The van der Waals surface area contributed by atoms with E-state index in [1.165, 1.54) is 4.90 Å². The maximum absolute atomic E-state index is 12.8. The molecule has 1 aliphatic rings. The minimum Gasteiger partial charge on any atom is -0.382 e. The Morgan fingerprint density at radius 2 is 2.03 bits per heavy atom. The zero-order valence-electron chi connectivity index (χ0n) is 15.8. The van der Waals surface area contributed by atoms with E-state index in [-0.39, 0.29) is 18.0 Å². The van der Waals surface area contributed by atoms with Crippen molar-refractivity contribution in [2.24, 2.45) is 0 Å². The van der Waals surface area contributed by atoms with Crippen molar-refractivity contribution in [3.8, 4) is 0 Å². The molecule has 0 bridgehead atoms. The summed E-state index contributed by atoms with van der Waals surface area (Å²) in [4.78, 5) is 30.7. The van der Waals surface area contributed by atoms with Crippen molar-refractivity contribution in [2.75, 3.05) is 6.54 Å². The number of aliphatic hydroxyl groups is 2. The molecule has 3 heterocycles. The van der Waals surface area contributed by atoms with Crippen LogP contribution in [-0.4, -0.2) is 50.5 Å². The predicted octanol–water partition coefficient (Wildman–Crippen LogP) is 3.20. The molecule has 1 amide bonds. The number of carbonyl (C=O) groups excluding carboxylic acids is 2. The van der Waals surface area contributed by atoms with Crippen molar-refractivity contribution in [2.45, 2.75) is 56.5 Å². The summed E-state index contributed by atoms with van der Waals surface area (Å²) in [5.74, 6) is -1.52. The van der Waals surface area contributed by atoms with Gasteiger partial charge in [-0.15, -0.1) is 22.7 Å². The summed E-state index contributed by atoms with van der Waals surface area (Å²) < 4.78 is 38.4. The summed E-state index contributed by atoms with van der Waals surface area (Å²) >= 11 is 2.35. The molecule has 1 aliphatic heterocycles. The Hall–Kier alpha value is -1.82. The molecule has 0 spiro atoms.